The molecule has 0 saturated carbocycles. The first kappa shape index (κ1) is 23.1. The summed E-state index contributed by atoms with van der Waals surface area (Å²) in [6.45, 7) is 5.59. The summed E-state index contributed by atoms with van der Waals surface area (Å²) in [5.41, 5.74) is 1.28. The van der Waals surface area contributed by atoms with Crippen molar-refractivity contribution in [2.45, 2.75) is 39.7 Å². The number of halogens is 1. The Labute approximate surface area is 185 Å². The lowest BCUT2D eigenvalue weighted by Gasteiger charge is -2.34. The molecule has 0 spiro atoms. The standard InChI is InChI=1S/C24H25FN2O5/c1-15(2)14-32-24(29)23-16(3)26(13-18-7-4-5-10-21(18)25)22(28)12-20(23)17-8-6-9-19(11-17)27(30)31/h4-11,15,20H,12-14H2,1-3H3. The lowest BCUT2D eigenvalue weighted by atomic mass is 9.83. The summed E-state index contributed by atoms with van der Waals surface area (Å²) in [5, 5.41) is 11.2. The number of carbonyl (C=O) groups is 2. The number of rotatable bonds is 7. The maximum atomic E-state index is 14.2. The van der Waals surface area contributed by atoms with Gasteiger partial charge in [0.05, 0.1) is 23.6 Å². The van der Waals surface area contributed by atoms with Gasteiger partial charge in [-0.25, -0.2) is 9.18 Å². The van der Waals surface area contributed by atoms with Crippen LogP contribution in [0.3, 0.4) is 0 Å². The Hall–Kier alpha value is -3.55. The van der Waals surface area contributed by atoms with E-state index in [0.717, 1.165) is 0 Å². The Morgan fingerprint density at radius 1 is 1.25 bits per heavy atom. The molecule has 168 valence electrons. The number of nitrogens with zero attached hydrogens (tertiary/aromatic N) is 2. The third-order valence-corrected chi connectivity index (χ3v) is 5.36. The van der Waals surface area contributed by atoms with Crippen LogP contribution < -0.4 is 0 Å². The Balaban J connectivity index is 2.05. The number of esters is 1. The molecule has 1 aliphatic rings. The number of benzene rings is 2. The van der Waals surface area contributed by atoms with Crippen LogP contribution in [0, 0.1) is 21.8 Å². The zero-order valence-electron chi connectivity index (χ0n) is 18.2. The van der Waals surface area contributed by atoms with Crippen LogP contribution in [0.4, 0.5) is 10.1 Å². The van der Waals surface area contributed by atoms with Gasteiger partial charge in [-0.15, -0.1) is 0 Å². The molecule has 0 fully saturated rings. The summed E-state index contributed by atoms with van der Waals surface area (Å²) < 4.78 is 19.7. The minimum absolute atomic E-state index is 0.0278. The van der Waals surface area contributed by atoms with Gasteiger partial charge >= 0.3 is 5.97 Å². The van der Waals surface area contributed by atoms with Crippen molar-refractivity contribution < 1.29 is 23.6 Å². The third kappa shape index (κ3) is 5.01. The van der Waals surface area contributed by atoms with E-state index in [1.807, 2.05) is 13.8 Å². The Morgan fingerprint density at radius 3 is 2.62 bits per heavy atom. The van der Waals surface area contributed by atoms with E-state index in [2.05, 4.69) is 0 Å². The fourth-order valence-electron chi connectivity index (χ4n) is 3.72. The predicted octanol–water partition coefficient (Wildman–Crippen LogP) is 4.72. The maximum absolute atomic E-state index is 14.2. The third-order valence-electron chi connectivity index (χ3n) is 5.36. The van der Waals surface area contributed by atoms with Crippen molar-refractivity contribution in [2.24, 2.45) is 5.92 Å². The summed E-state index contributed by atoms with van der Waals surface area (Å²) in [4.78, 5) is 38.2. The molecule has 32 heavy (non-hydrogen) atoms. The lowest BCUT2D eigenvalue weighted by molar-refractivity contribution is -0.384. The van der Waals surface area contributed by atoms with Crippen LogP contribution >= 0.6 is 0 Å². The monoisotopic (exact) mass is 440 g/mol. The quantitative estimate of drug-likeness (QED) is 0.353. The summed E-state index contributed by atoms with van der Waals surface area (Å²) >= 11 is 0. The van der Waals surface area contributed by atoms with Gasteiger partial charge in [0.15, 0.2) is 0 Å². The number of ether oxygens (including phenoxy) is 1. The molecule has 0 aliphatic carbocycles. The molecule has 0 aromatic heterocycles. The SMILES string of the molecule is CC1=C(C(=O)OCC(C)C)C(c2cccc([N+](=O)[O-])c2)CC(=O)N1Cc1ccccc1F. The highest BCUT2D eigenvalue weighted by Crippen LogP contribution is 2.38. The van der Waals surface area contributed by atoms with Crippen LogP contribution in [-0.2, 0) is 20.9 Å². The van der Waals surface area contributed by atoms with Crippen molar-refractivity contribution in [1.29, 1.82) is 0 Å². The Bertz CT molecular complexity index is 1080. The zero-order valence-corrected chi connectivity index (χ0v) is 18.2. The highest BCUT2D eigenvalue weighted by atomic mass is 19.1. The summed E-state index contributed by atoms with van der Waals surface area (Å²) in [5.74, 6) is -1.92. The van der Waals surface area contributed by atoms with Crippen molar-refractivity contribution in [2.75, 3.05) is 6.61 Å². The van der Waals surface area contributed by atoms with E-state index in [0.29, 0.717) is 16.8 Å². The molecule has 3 rings (SSSR count). The van der Waals surface area contributed by atoms with E-state index in [1.165, 1.54) is 29.2 Å². The number of amides is 1. The number of nitro benzene ring substituents is 1. The van der Waals surface area contributed by atoms with Crippen molar-refractivity contribution in [3.63, 3.8) is 0 Å². The first-order valence-electron chi connectivity index (χ1n) is 10.3. The first-order chi connectivity index (χ1) is 15.2. The second-order valence-corrected chi connectivity index (χ2v) is 8.17. The number of non-ortho nitro benzene ring substituents is 1. The fraction of sp³-hybridized carbons (Fsp3) is 0.333. The first-order valence-corrected chi connectivity index (χ1v) is 10.3. The van der Waals surface area contributed by atoms with Crippen LogP contribution in [0.5, 0.6) is 0 Å². The minimum Gasteiger partial charge on any atom is -0.462 e. The van der Waals surface area contributed by atoms with Gasteiger partial charge in [0.1, 0.15) is 5.82 Å². The van der Waals surface area contributed by atoms with Crippen molar-refractivity contribution in [3.8, 4) is 0 Å². The normalized spacial score (nSPS) is 16.5. The number of hydrogen-bond acceptors (Lipinski definition) is 5. The number of hydrogen-bond donors (Lipinski definition) is 0. The molecule has 7 nitrogen and oxygen atoms in total. The van der Waals surface area contributed by atoms with Crippen molar-refractivity contribution in [3.05, 3.63) is 86.9 Å². The minimum atomic E-state index is -0.695. The number of allylic oxidation sites excluding steroid dienone is 1. The van der Waals surface area contributed by atoms with Gasteiger partial charge in [0, 0.05) is 35.7 Å². The molecule has 1 aliphatic heterocycles. The molecule has 0 bridgehead atoms. The van der Waals surface area contributed by atoms with Crippen molar-refractivity contribution >= 4 is 17.6 Å². The zero-order chi connectivity index (χ0) is 23.4. The molecule has 0 N–H and O–H groups in total. The molecule has 8 heteroatoms. The van der Waals surface area contributed by atoms with E-state index in [4.69, 9.17) is 4.74 Å². The van der Waals surface area contributed by atoms with Crippen LogP contribution in [0.2, 0.25) is 0 Å². The van der Waals surface area contributed by atoms with Crippen LogP contribution in [-0.4, -0.2) is 28.3 Å². The van der Waals surface area contributed by atoms with Gasteiger partial charge in [0.25, 0.3) is 5.69 Å². The Kier molecular flexibility index (Phi) is 7.02. The number of carbonyl (C=O) groups excluding carboxylic acids is 2. The van der Waals surface area contributed by atoms with Crippen LogP contribution in [0.25, 0.3) is 0 Å². The molecular weight excluding hydrogens is 415 g/mol. The second kappa shape index (κ2) is 9.72. The summed E-state index contributed by atoms with van der Waals surface area (Å²) in [6, 6.07) is 12.0. The van der Waals surface area contributed by atoms with Gasteiger partial charge in [-0.05, 0) is 24.5 Å². The van der Waals surface area contributed by atoms with E-state index in [-0.39, 0.29) is 42.7 Å². The fourth-order valence-corrected chi connectivity index (χ4v) is 3.72. The lowest BCUT2D eigenvalue weighted by Crippen LogP contribution is -2.38. The smallest absolute Gasteiger partial charge is 0.336 e. The van der Waals surface area contributed by atoms with E-state index < -0.39 is 22.6 Å². The van der Waals surface area contributed by atoms with Gasteiger partial charge in [0.2, 0.25) is 5.91 Å². The largest absolute Gasteiger partial charge is 0.462 e. The highest BCUT2D eigenvalue weighted by Gasteiger charge is 2.37. The van der Waals surface area contributed by atoms with Gasteiger partial charge in [-0.3, -0.25) is 14.9 Å². The van der Waals surface area contributed by atoms with Gasteiger partial charge in [-0.2, -0.15) is 0 Å². The molecule has 1 heterocycles. The molecule has 0 saturated heterocycles. The van der Waals surface area contributed by atoms with E-state index >= 15 is 0 Å². The average Bonchev–Trinajstić information content (AvgIpc) is 2.75. The molecule has 1 atom stereocenters. The van der Waals surface area contributed by atoms with Crippen molar-refractivity contribution in [1.82, 2.24) is 4.90 Å². The molecular formula is C24H25FN2O5. The molecule has 2 aromatic carbocycles. The summed E-state index contributed by atoms with van der Waals surface area (Å²) in [7, 11) is 0. The van der Waals surface area contributed by atoms with E-state index in [1.54, 1.807) is 31.2 Å². The second-order valence-electron chi connectivity index (χ2n) is 8.17. The van der Waals surface area contributed by atoms with Crippen LogP contribution in [0.1, 0.15) is 44.2 Å². The Morgan fingerprint density at radius 2 is 1.97 bits per heavy atom. The molecule has 0 radical (unpaired) electrons. The molecule has 2 aromatic rings. The van der Waals surface area contributed by atoms with Gasteiger partial charge < -0.3 is 9.64 Å². The predicted molar refractivity (Wildman–Crippen MR) is 116 cm³/mol. The highest BCUT2D eigenvalue weighted by molar-refractivity contribution is 5.96. The summed E-state index contributed by atoms with van der Waals surface area (Å²) in [6.07, 6.45) is -0.0843. The number of nitro groups is 1. The van der Waals surface area contributed by atoms with E-state index in [9.17, 15) is 24.1 Å². The molecule has 1 amide bonds. The topological polar surface area (TPSA) is 89.7 Å². The maximum Gasteiger partial charge on any atom is 0.336 e. The average molecular weight is 440 g/mol. The molecule has 1 unspecified atom stereocenters. The van der Waals surface area contributed by atoms with Crippen LogP contribution in [0.15, 0.2) is 59.8 Å². The van der Waals surface area contributed by atoms with Gasteiger partial charge in [-0.1, -0.05) is 44.2 Å².